The summed E-state index contributed by atoms with van der Waals surface area (Å²) in [6.07, 6.45) is 6.82. The Balaban J connectivity index is 2.57. The Bertz CT molecular complexity index is 523. The lowest BCUT2D eigenvalue weighted by atomic mass is 10.3. The number of aromatic nitrogens is 3. The van der Waals surface area contributed by atoms with E-state index in [-0.39, 0.29) is 5.56 Å². The molecule has 0 aliphatic heterocycles. The van der Waals surface area contributed by atoms with Gasteiger partial charge in [-0.05, 0) is 11.6 Å². The maximum atomic E-state index is 11.3. The van der Waals surface area contributed by atoms with Crippen LogP contribution in [0.4, 0.5) is 0 Å². The first-order chi connectivity index (χ1) is 6.81. The predicted molar refractivity (Wildman–Crippen MR) is 53.9 cm³/mol. The fourth-order valence-corrected chi connectivity index (χ4v) is 1.26. The van der Waals surface area contributed by atoms with Crippen molar-refractivity contribution in [1.82, 2.24) is 14.6 Å². The number of hydrogen-bond acceptors (Lipinski definition) is 3. The normalized spacial score (nSPS) is 11.5. The maximum Gasteiger partial charge on any atom is 0.275 e. The summed E-state index contributed by atoms with van der Waals surface area (Å²) >= 11 is 0. The lowest BCUT2D eigenvalue weighted by Gasteiger charge is -1.87. The Kier molecular flexibility index (Phi) is 2.16. The molecule has 0 saturated carbocycles. The topological polar surface area (TPSA) is 76.2 Å². The van der Waals surface area contributed by atoms with E-state index in [2.05, 4.69) is 10.1 Å². The molecular weight excluding hydrogens is 180 g/mol. The predicted octanol–water partition coefficient (Wildman–Crippen LogP) is -0.00550. The Hall–Kier alpha value is -1.88. The van der Waals surface area contributed by atoms with Crippen LogP contribution < -0.4 is 11.3 Å². The molecule has 0 aromatic carbocycles. The van der Waals surface area contributed by atoms with E-state index in [9.17, 15) is 4.79 Å². The van der Waals surface area contributed by atoms with Crippen LogP contribution in [0.5, 0.6) is 0 Å². The van der Waals surface area contributed by atoms with Gasteiger partial charge in [-0.1, -0.05) is 12.2 Å². The van der Waals surface area contributed by atoms with E-state index < -0.39 is 0 Å². The van der Waals surface area contributed by atoms with Gasteiger partial charge in [0.15, 0.2) is 0 Å². The number of rotatable bonds is 2. The van der Waals surface area contributed by atoms with E-state index in [1.807, 2.05) is 12.2 Å². The zero-order valence-corrected chi connectivity index (χ0v) is 7.47. The number of aromatic amines is 1. The monoisotopic (exact) mass is 190 g/mol. The maximum absolute atomic E-state index is 11.3. The number of hydrogen-bond donors (Lipinski definition) is 2. The molecule has 0 amide bonds. The second kappa shape index (κ2) is 3.47. The van der Waals surface area contributed by atoms with Gasteiger partial charge in [0.2, 0.25) is 0 Å². The first-order valence-electron chi connectivity index (χ1n) is 4.24. The number of H-pyrrole nitrogens is 1. The third kappa shape index (κ3) is 1.45. The van der Waals surface area contributed by atoms with Crippen LogP contribution in [0.1, 0.15) is 5.56 Å². The van der Waals surface area contributed by atoms with Gasteiger partial charge in [0, 0.05) is 12.7 Å². The molecule has 0 radical (unpaired) electrons. The molecule has 0 aliphatic carbocycles. The fraction of sp³-hybridized carbons (Fsp3) is 0.111. The van der Waals surface area contributed by atoms with Gasteiger partial charge in [-0.2, -0.15) is 5.10 Å². The highest BCUT2D eigenvalue weighted by atomic mass is 16.1. The Morgan fingerprint density at radius 2 is 2.50 bits per heavy atom. The van der Waals surface area contributed by atoms with Crippen molar-refractivity contribution in [2.75, 3.05) is 6.54 Å². The molecule has 14 heavy (non-hydrogen) atoms. The van der Waals surface area contributed by atoms with Crippen molar-refractivity contribution >= 4 is 11.6 Å². The van der Waals surface area contributed by atoms with Crippen molar-refractivity contribution in [3.8, 4) is 0 Å². The van der Waals surface area contributed by atoms with Crippen LogP contribution in [0.2, 0.25) is 0 Å². The Labute approximate surface area is 79.9 Å². The number of fused-ring (bicyclic) bond motifs is 1. The van der Waals surface area contributed by atoms with E-state index in [0.717, 1.165) is 5.56 Å². The zero-order valence-electron chi connectivity index (χ0n) is 7.47. The highest BCUT2D eigenvalue weighted by molar-refractivity contribution is 5.58. The Morgan fingerprint density at radius 3 is 3.21 bits per heavy atom. The summed E-state index contributed by atoms with van der Waals surface area (Å²) in [5.74, 6) is 0. The van der Waals surface area contributed by atoms with Crippen LogP contribution in [-0.4, -0.2) is 21.1 Å². The molecule has 2 aromatic heterocycles. The summed E-state index contributed by atoms with van der Waals surface area (Å²) in [7, 11) is 0. The summed E-state index contributed by atoms with van der Waals surface area (Å²) in [4.78, 5) is 13.8. The van der Waals surface area contributed by atoms with Gasteiger partial charge in [-0.25, -0.2) is 4.52 Å². The van der Waals surface area contributed by atoms with E-state index >= 15 is 0 Å². The van der Waals surface area contributed by atoms with E-state index in [1.165, 1.54) is 10.8 Å². The molecule has 0 aliphatic rings. The third-order valence-electron chi connectivity index (χ3n) is 1.88. The molecule has 2 heterocycles. The van der Waals surface area contributed by atoms with Crippen molar-refractivity contribution in [3.63, 3.8) is 0 Å². The molecule has 0 unspecified atom stereocenters. The minimum Gasteiger partial charge on any atom is -0.327 e. The van der Waals surface area contributed by atoms with Crippen LogP contribution in [0.15, 0.2) is 29.5 Å². The third-order valence-corrected chi connectivity index (χ3v) is 1.88. The van der Waals surface area contributed by atoms with Crippen LogP contribution >= 0.6 is 0 Å². The van der Waals surface area contributed by atoms with Gasteiger partial charge < -0.3 is 10.7 Å². The average Bonchev–Trinajstić information content (AvgIpc) is 2.59. The highest BCUT2D eigenvalue weighted by Crippen LogP contribution is 2.05. The van der Waals surface area contributed by atoms with E-state index in [1.54, 1.807) is 12.3 Å². The SMILES string of the molecule is NCC=Cc1cc2c(=O)[nH]cnn2c1. The summed E-state index contributed by atoms with van der Waals surface area (Å²) in [6.45, 7) is 0.482. The fourth-order valence-electron chi connectivity index (χ4n) is 1.26. The molecule has 72 valence electrons. The zero-order chi connectivity index (χ0) is 9.97. The molecule has 0 saturated heterocycles. The molecule has 0 bridgehead atoms. The van der Waals surface area contributed by atoms with Gasteiger partial charge in [0.1, 0.15) is 11.8 Å². The molecule has 5 heteroatoms. The molecule has 2 rings (SSSR count). The summed E-state index contributed by atoms with van der Waals surface area (Å²) in [5, 5.41) is 3.97. The van der Waals surface area contributed by atoms with Crippen LogP contribution in [0.25, 0.3) is 11.6 Å². The number of nitrogens with two attached hydrogens (primary N) is 1. The summed E-state index contributed by atoms with van der Waals surface area (Å²) in [5.41, 5.74) is 6.63. The lowest BCUT2D eigenvalue weighted by Crippen LogP contribution is -2.09. The van der Waals surface area contributed by atoms with Crippen molar-refractivity contribution < 1.29 is 0 Å². The standard InChI is InChI=1S/C9H10N4O/c10-3-1-2-7-4-8-9(14)11-6-12-13(8)5-7/h1-2,4-6H,3,10H2,(H,11,12,14). The van der Waals surface area contributed by atoms with Gasteiger partial charge >= 0.3 is 0 Å². The molecule has 0 atom stereocenters. The van der Waals surface area contributed by atoms with Gasteiger partial charge in [0.25, 0.3) is 5.56 Å². The summed E-state index contributed by atoms with van der Waals surface area (Å²) in [6, 6.07) is 1.76. The van der Waals surface area contributed by atoms with Gasteiger partial charge in [-0.3, -0.25) is 4.79 Å². The largest absolute Gasteiger partial charge is 0.327 e. The second-order valence-electron chi connectivity index (χ2n) is 2.86. The highest BCUT2D eigenvalue weighted by Gasteiger charge is 2.00. The van der Waals surface area contributed by atoms with Crippen molar-refractivity contribution in [3.05, 3.63) is 40.6 Å². The molecule has 5 nitrogen and oxygen atoms in total. The molecule has 0 spiro atoms. The molecule has 0 fully saturated rings. The molecule has 3 N–H and O–H groups in total. The van der Waals surface area contributed by atoms with Gasteiger partial charge in [0.05, 0.1) is 0 Å². The van der Waals surface area contributed by atoms with Crippen LogP contribution in [0, 0.1) is 0 Å². The van der Waals surface area contributed by atoms with Crippen molar-refractivity contribution in [1.29, 1.82) is 0 Å². The first kappa shape index (κ1) is 8.71. The first-order valence-corrected chi connectivity index (χ1v) is 4.24. The summed E-state index contributed by atoms with van der Waals surface area (Å²) < 4.78 is 1.54. The quantitative estimate of drug-likeness (QED) is 0.699. The average molecular weight is 190 g/mol. The van der Waals surface area contributed by atoms with E-state index in [4.69, 9.17) is 5.73 Å². The minimum atomic E-state index is -0.146. The lowest BCUT2D eigenvalue weighted by molar-refractivity contribution is 0.888. The Morgan fingerprint density at radius 1 is 1.64 bits per heavy atom. The number of nitrogens with zero attached hydrogens (tertiary/aromatic N) is 2. The van der Waals surface area contributed by atoms with Crippen molar-refractivity contribution in [2.24, 2.45) is 5.73 Å². The van der Waals surface area contributed by atoms with E-state index in [0.29, 0.717) is 12.1 Å². The number of nitrogens with one attached hydrogen (secondary N) is 1. The van der Waals surface area contributed by atoms with Crippen LogP contribution in [0.3, 0.4) is 0 Å². The smallest absolute Gasteiger partial charge is 0.275 e. The van der Waals surface area contributed by atoms with Gasteiger partial charge in [-0.15, -0.1) is 0 Å². The minimum absolute atomic E-state index is 0.146. The van der Waals surface area contributed by atoms with Crippen LogP contribution in [-0.2, 0) is 0 Å². The molecular formula is C9H10N4O. The van der Waals surface area contributed by atoms with Crippen molar-refractivity contribution in [2.45, 2.75) is 0 Å². The second-order valence-corrected chi connectivity index (χ2v) is 2.86. The molecule has 2 aromatic rings.